The van der Waals surface area contributed by atoms with Crippen molar-refractivity contribution in [3.63, 3.8) is 0 Å². The van der Waals surface area contributed by atoms with E-state index in [0.717, 1.165) is 0 Å². The molecule has 0 N–H and O–H groups in total. The Morgan fingerprint density at radius 2 is 1.91 bits per heavy atom. The van der Waals surface area contributed by atoms with Crippen LogP contribution in [0.5, 0.6) is 0 Å². The first kappa shape index (κ1) is 14.5. The van der Waals surface area contributed by atoms with E-state index < -0.39 is 28.5 Å². The Balaban J connectivity index is 0.00000312. The van der Waals surface area contributed by atoms with E-state index in [2.05, 4.69) is 0 Å². The molecule has 0 unspecified atom stereocenters. The van der Waals surface area contributed by atoms with E-state index in [0.29, 0.717) is 10.6 Å². The van der Waals surface area contributed by atoms with Crippen LogP contribution >= 0.6 is 0 Å². The van der Waals surface area contributed by atoms with Gasteiger partial charge in [-0.15, -0.1) is 0 Å². The van der Waals surface area contributed by atoms with Gasteiger partial charge >= 0.3 is 29.6 Å². The zero-order valence-corrected chi connectivity index (χ0v) is 15.3. The molecular formula is C13H16N3NaO4S. The molecule has 7 nitrogen and oxygen atoms in total. The van der Waals surface area contributed by atoms with E-state index in [4.69, 9.17) is 4.11 Å². The van der Waals surface area contributed by atoms with Crippen molar-refractivity contribution in [1.82, 2.24) is 9.36 Å². The topological polar surface area (TPSA) is 87.4 Å². The molecule has 9 heteroatoms. The van der Waals surface area contributed by atoms with Crippen molar-refractivity contribution in [2.24, 2.45) is 7.05 Å². The molecule has 0 aliphatic carbocycles. The summed E-state index contributed by atoms with van der Waals surface area (Å²) in [5.41, 5.74) is -0.361. The van der Waals surface area contributed by atoms with Gasteiger partial charge in [0.05, 0.1) is 11.4 Å². The minimum absolute atomic E-state index is 0. The molecule has 2 aromatic rings. The Morgan fingerprint density at radius 3 is 2.41 bits per heavy atom. The van der Waals surface area contributed by atoms with Crippen LogP contribution in [0.2, 0.25) is 0 Å². The average molecular weight is 336 g/mol. The van der Waals surface area contributed by atoms with Crippen LogP contribution in [-0.2, 0) is 17.2 Å². The molecule has 0 spiro atoms. The fourth-order valence-corrected chi connectivity index (χ4v) is 2.53. The largest absolute Gasteiger partial charge is 1.00 e. The van der Waals surface area contributed by atoms with Crippen molar-refractivity contribution in [2.45, 2.75) is 6.92 Å². The van der Waals surface area contributed by atoms with Crippen LogP contribution in [0.4, 0.5) is 5.69 Å². The summed E-state index contributed by atoms with van der Waals surface area (Å²) in [5, 5.41) is 0. The summed E-state index contributed by atoms with van der Waals surface area (Å²) in [6.07, 6.45) is 0. The summed E-state index contributed by atoms with van der Waals surface area (Å²) in [5.74, 6) is -1.32. The number of aromatic nitrogens is 2. The third-order valence-electron chi connectivity index (χ3n) is 3.08. The van der Waals surface area contributed by atoms with Crippen molar-refractivity contribution >= 4 is 15.8 Å². The molecule has 0 aliphatic rings. The molecule has 2 rings (SSSR count). The van der Waals surface area contributed by atoms with Crippen LogP contribution < -0.4 is 40.0 Å². The van der Waals surface area contributed by atoms with E-state index in [1.807, 2.05) is 0 Å². The van der Waals surface area contributed by atoms with E-state index in [9.17, 15) is 17.8 Å². The second-order valence-electron chi connectivity index (χ2n) is 4.52. The van der Waals surface area contributed by atoms with Crippen LogP contribution in [0.25, 0.3) is 5.69 Å². The Labute approximate surface area is 155 Å². The maximum absolute atomic E-state index is 12.7. The van der Waals surface area contributed by atoms with Crippen molar-refractivity contribution in [2.75, 3.05) is 17.8 Å². The van der Waals surface area contributed by atoms with E-state index in [1.165, 1.54) is 23.3 Å². The van der Waals surface area contributed by atoms with Gasteiger partial charge in [-0.2, -0.15) is 0 Å². The summed E-state index contributed by atoms with van der Waals surface area (Å²) in [6, 6.07) is 8.45. The zero-order valence-electron chi connectivity index (χ0n) is 15.5. The molecule has 0 saturated carbocycles. The molecule has 0 radical (unpaired) electrons. The molecule has 0 amide bonds. The Hall–Kier alpha value is -1.06. The summed E-state index contributed by atoms with van der Waals surface area (Å²) in [7, 11) is -3.36. The number of rotatable bonds is 4. The summed E-state index contributed by atoms with van der Waals surface area (Å²) >= 11 is 0. The molecule has 0 bridgehead atoms. The van der Waals surface area contributed by atoms with Gasteiger partial charge in [-0.1, -0.05) is 18.2 Å². The molecule has 1 aromatic carbocycles. The SMILES string of the molecule is [2H]C([2H])([2H])N(CS(=O)(=O)[O-])c1c(C)n(C)n(-c2ccccc2)c1=O.[Na+]. The number of hydrogen-bond donors (Lipinski definition) is 0. The smallest absolute Gasteiger partial charge is 0.747 e. The first-order valence-corrected chi connectivity index (χ1v) is 7.56. The van der Waals surface area contributed by atoms with Crippen LogP contribution in [-0.4, -0.2) is 35.2 Å². The molecule has 22 heavy (non-hydrogen) atoms. The normalized spacial score (nSPS) is 13.7. The molecule has 0 fully saturated rings. The van der Waals surface area contributed by atoms with Crippen molar-refractivity contribution in [3.8, 4) is 5.69 Å². The van der Waals surface area contributed by atoms with Crippen LogP contribution in [0.3, 0.4) is 0 Å². The monoisotopic (exact) mass is 336 g/mol. The van der Waals surface area contributed by atoms with Crippen molar-refractivity contribution in [1.29, 1.82) is 0 Å². The Kier molecular flexibility index (Phi) is 4.63. The molecule has 0 saturated heterocycles. The number of hydrogen-bond acceptors (Lipinski definition) is 5. The van der Waals surface area contributed by atoms with Gasteiger partial charge in [0.15, 0.2) is 0 Å². The quantitative estimate of drug-likeness (QED) is 0.452. The van der Waals surface area contributed by atoms with Crippen LogP contribution in [0, 0.1) is 6.92 Å². The number of benzene rings is 1. The second-order valence-corrected chi connectivity index (χ2v) is 5.90. The number of nitrogens with zero attached hydrogens (tertiary/aromatic N) is 3. The van der Waals surface area contributed by atoms with Crippen LogP contribution in [0.1, 0.15) is 9.81 Å². The Bertz CT molecular complexity index is 907. The molecule has 1 heterocycles. The van der Waals surface area contributed by atoms with Gasteiger partial charge in [-0.05, 0) is 19.1 Å². The minimum Gasteiger partial charge on any atom is -0.747 e. The van der Waals surface area contributed by atoms with Gasteiger partial charge in [0.25, 0.3) is 5.56 Å². The van der Waals surface area contributed by atoms with Gasteiger partial charge in [0.1, 0.15) is 21.7 Å². The predicted octanol–water partition coefficient (Wildman–Crippen LogP) is -2.57. The van der Waals surface area contributed by atoms with Gasteiger partial charge in [0, 0.05) is 18.1 Å². The first-order chi connectivity index (χ1) is 10.9. The van der Waals surface area contributed by atoms with E-state index >= 15 is 0 Å². The average Bonchev–Trinajstić information content (AvgIpc) is 2.66. The molecule has 114 valence electrons. The number of anilines is 1. The van der Waals surface area contributed by atoms with Gasteiger partial charge in [-0.3, -0.25) is 9.48 Å². The van der Waals surface area contributed by atoms with E-state index in [1.54, 1.807) is 30.3 Å². The predicted molar refractivity (Wildman–Crippen MR) is 78.7 cm³/mol. The van der Waals surface area contributed by atoms with Gasteiger partial charge in [-0.25, -0.2) is 13.1 Å². The standard InChI is InChI=1S/C13H17N3O4S.Na/c1-10-12(14(2)9-21(18,19)20)13(17)16(15(10)3)11-7-5-4-6-8-11;/h4-8H,9H2,1-3H3,(H,18,19,20);/q;+1/p-1/i2D3;. The Morgan fingerprint density at radius 1 is 1.32 bits per heavy atom. The van der Waals surface area contributed by atoms with Crippen LogP contribution in [0.15, 0.2) is 35.1 Å². The van der Waals surface area contributed by atoms with Gasteiger partial charge in [0.2, 0.25) is 0 Å². The maximum atomic E-state index is 12.7. The number of para-hydroxylation sites is 1. The first-order valence-electron chi connectivity index (χ1n) is 7.48. The summed E-state index contributed by atoms with van der Waals surface area (Å²) in [6.45, 7) is -1.48. The van der Waals surface area contributed by atoms with E-state index in [-0.39, 0.29) is 40.9 Å². The third kappa shape index (κ3) is 3.82. The second kappa shape index (κ2) is 7.01. The minimum atomic E-state index is -4.90. The molecule has 0 aliphatic heterocycles. The van der Waals surface area contributed by atoms with Gasteiger partial charge < -0.3 is 9.45 Å². The summed E-state index contributed by atoms with van der Waals surface area (Å²) in [4.78, 5) is 13.1. The fraction of sp³-hybridized carbons (Fsp3) is 0.308. The fourth-order valence-electron chi connectivity index (χ4n) is 2.09. The zero-order chi connectivity index (χ0) is 18.3. The maximum Gasteiger partial charge on any atom is 1.00 e. The molecule has 0 atom stereocenters. The third-order valence-corrected chi connectivity index (χ3v) is 3.66. The molecular weight excluding hydrogens is 317 g/mol. The van der Waals surface area contributed by atoms with Crippen molar-refractivity contribution < 1.29 is 46.6 Å². The summed E-state index contributed by atoms with van der Waals surface area (Å²) < 4.78 is 58.3. The van der Waals surface area contributed by atoms with Crippen molar-refractivity contribution in [3.05, 3.63) is 46.4 Å². The molecule has 1 aromatic heterocycles.